The van der Waals surface area contributed by atoms with Gasteiger partial charge in [-0.05, 0) is 30.7 Å². The normalized spacial score (nSPS) is 32.8. The molecule has 2 fully saturated rings. The van der Waals surface area contributed by atoms with E-state index in [4.69, 9.17) is 38.0 Å². The first kappa shape index (κ1) is 39.2. The molecule has 0 aliphatic carbocycles. The second-order valence-electron chi connectivity index (χ2n) is 12.9. The highest BCUT2D eigenvalue weighted by atomic mass is 32.7. The second-order valence-corrected chi connectivity index (χ2v) is 18.6. The SMILES string of the molecule is NCC(=O)NCOCCn1cnc2c(ncn2[C@@H]2O/C3=C\OP(=O)(S)O[C@H]4[C@@H](F)[C@H](n5cc6c7c(ncnc75)NCCC6)O[C@@H]4COP(=O)(S)O[C@@H]2[C@@H]3O)c1=O. The van der Waals surface area contributed by atoms with Crippen molar-refractivity contribution >= 4 is 72.0 Å². The molecule has 0 aromatic carbocycles. The topological polar surface area (TPSA) is 270 Å². The van der Waals surface area contributed by atoms with Gasteiger partial charge in [-0.1, -0.05) is 12.2 Å². The van der Waals surface area contributed by atoms with Gasteiger partial charge in [0.2, 0.25) is 12.1 Å². The molecule has 8 rings (SSSR count). The molecule has 27 heteroatoms. The van der Waals surface area contributed by atoms with Crippen LogP contribution >= 0.6 is 38.1 Å². The van der Waals surface area contributed by atoms with Crippen LogP contribution in [-0.4, -0.2) is 108 Å². The third-order valence-corrected chi connectivity index (χ3v) is 12.4. The number of alkyl halides is 1. The minimum Gasteiger partial charge on any atom is -0.465 e. The zero-order valence-corrected chi connectivity index (χ0v) is 32.5. The van der Waals surface area contributed by atoms with E-state index >= 15 is 4.39 Å². The van der Waals surface area contributed by atoms with Gasteiger partial charge in [-0.2, -0.15) is 0 Å². The Morgan fingerprint density at radius 1 is 1.11 bits per heavy atom. The van der Waals surface area contributed by atoms with Crippen LogP contribution in [0.2, 0.25) is 0 Å². The quantitative estimate of drug-likeness (QED) is 0.0631. The molecule has 0 spiro atoms. The van der Waals surface area contributed by atoms with Gasteiger partial charge in [0.15, 0.2) is 35.4 Å². The van der Waals surface area contributed by atoms with Crippen molar-refractivity contribution < 1.29 is 55.7 Å². The highest BCUT2D eigenvalue weighted by molar-refractivity contribution is 8.44. The predicted octanol–water partition coefficient (Wildman–Crippen LogP) is 1.30. The number of aromatic nitrogens is 7. The molecule has 4 aliphatic rings. The smallest absolute Gasteiger partial charge is 0.437 e. The van der Waals surface area contributed by atoms with E-state index in [0.29, 0.717) is 29.8 Å². The van der Waals surface area contributed by atoms with E-state index in [-0.39, 0.29) is 37.6 Å². The summed E-state index contributed by atoms with van der Waals surface area (Å²) in [4.78, 5) is 41.7. The van der Waals surface area contributed by atoms with Crippen LogP contribution in [0.1, 0.15) is 24.4 Å². The fourth-order valence-electron chi connectivity index (χ4n) is 6.74. The van der Waals surface area contributed by atoms with Crippen LogP contribution in [0.15, 0.2) is 42.0 Å². The van der Waals surface area contributed by atoms with E-state index < -0.39 is 80.5 Å². The van der Waals surface area contributed by atoms with Crippen LogP contribution in [0.3, 0.4) is 0 Å². The second kappa shape index (κ2) is 15.6. The first-order chi connectivity index (χ1) is 26.8. The number of rotatable bonds is 8. The average Bonchev–Trinajstić information content (AvgIpc) is 3.88. The van der Waals surface area contributed by atoms with Crippen LogP contribution in [-0.2, 0) is 59.2 Å². The van der Waals surface area contributed by atoms with Crippen LogP contribution in [0.5, 0.6) is 0 Å². The number of carbonyl (C=O) groups excluding carboxylic acids is 1. The zero-order valence-electron chi connectivity index (χ0n) is 28.9. The zero-order chi connectivity index (χ0) is 39.4. The number of amides is 1. The van der Waals surface area contributed by atoms with Crippen molar-refractivity contribution in [1.82, 2.24) is 39.0 Å². The first-order valence-electron chi connectivity index (χ1n) is 17.1. The molecule has 4 aromatic rings. The Morgan fingerprint density at radius 2 is 1.93 bits per heavy atom. The molecule has 8 heterocycles. The third-order valence-electron chi connectivity index (χ3n) is 9.36. The number of hydrogen-bond acceptors (Lipinski definition) is 18. The Bertz CT molecular complexity index is 2350. The number of aryl methyl sites for hydroxylation is 1. The van der Waals surface area contributed by atoms with E-state index in [1.54, 1.807) is 6.20 Å². The van der Waals surface area contributed by atoms with Crippen molar-refractivity contribution in [1.29, 1.82) is 0 Å². The number of imidazole rings is 1. The monoisotopic (exact) mass is 860 g/mol. The summed E-state index contributed by atoms with van der Waals surface area (Å²) in [6.07, 6.45) is -3.50. The van der Waals surface area contributed by atoms with Gasteiger partial charge < -0.3 is 44.8 Å². The summed E-state index contributed by atoms with van der Waals surface area (Å²) < 4.78 is 87.4. The maximum atomic E-state index is 16.5. The molecule has 0 radical (unpaired) electrons. The predicted molar refractivity (Wildman–Crippen MR) is 197 cm³/mol. The van der Waals surface area contributed by atoms with Crippen LogP contribution in [0.25, 0.3) is 22.2 Å². The average molecular weight is 861 g/mol. The van der Waals surface area contributed by atoms with Gasteiger partial charge in [0.1, 0.15) is 61.8 Å². The van der Waals surface area contributed by atoms with Gasteiger partial charge >= 0.3 is 13.6 Å². The summed E-state index contributed by atoms with van der Waals surface area (Å²) in [6.45, 7) is -9.17. The molecule has 302 valence electrons. The van der Waals surface area contributed by atoms with E-state index in [9.17, 15) is 23.8 Å². The van der Waals surface area contributed by atoms with E-state index in [1.165, 1.54) is 32.7 Å². The highest BCUT2D eigenvalue weighted by Gasteiger charge is 2.53. The lowest BCUT2D eigenvalue weighted by Gasteiger charge is -2.25. The standard InChI is InChI=1S/C29H35FN10O12P2S2/c30-19-22-16(50-28(19)39-7-14-2-1-3-32-24-18(14)25(39)34-10-33-24)9-48-54(45,56)52-23-21(42)15(8-47-53(44,55)51-22)49-29(23)40-12-35-20-26(40)36-11-38(27(20)43)4-5-46-13-37-17(41)6-31/h7-8,10-12,16,19,21-23,28-29,42H,1-6,9,13,31H2,(H,37,41)(H,44,55)(H,45,56)(H,32,33,34)/b15-8-/t16-,19-,21-,22-,23-,28-,29-,53?,54?/m1/s1. The van der Waals surface area contributed by atoms with Gasteiger partial charge in [0, 0.05) is 12.7 Å². The number of nitrogens with two attached hydrogens (primary N) is 1. The fraction of sp³-hybridized carbons (Fsp3) is 0.517. The number of halogens is 1. The van der Waals surface area contributed by atoms with Crippen molar-refractivity contribution in [3.8, 4) is 0 Å². The highest BCUT2D eigenvalue weighted by Crippen LogP contribution is 2.60. The summed E-state index contributed by atoms with van der Waals surface area (Å²) in [7, 11) is 0. The van der Waals surface area contributed by atoms with E-state index in [0.717, 1.165) is 18.2 Å². The summed E-state index contributed by atoms with van der Waals surface area (Å²) >= 11 is 8.18. The number of nitrogens with one attached hydrogen (secondary N) is 2. The minimum absolute atomic E-state index is 0.0170. The van der Waals surface area contributed by atoms with Crippen molar-refractivity contribution in [2.75, 3.05) is 38.4 Å². The maximum absolute atomic E-state index is 16.5. The Balaban J connectivity index is 1.05. The van der Waals surface area contributed by atoms with Gasteiger partial charge in [0.25, 0.3) is 5.56 Å². The van der Waals surface area contributed by atoms with Gasteiger partial charge in [0.05, 0.1) is 31.7 Å². The molecule has 2 bridgehead atoms. The molecule has 2 saturated heterocycles. The molecular weight excluding hydrogens is 825 g/mol. The Morgan fingerprint density at radius 3 is 2.75 bits per heavy atom. The number of ether oxygens (including phenoxy) is 3. The molecule has 2 unspecified atom stereocenters. The van der Waals surface area contributed by atoms with Crippen LogP contribution < -0.4 is 21.9 Å². The Kier molecular flexibility index (Phi) is 10.9. The van der Waals surface area contributed by atoms with Crippen molar-refractivity contribution in [2.45, 2.75) is 62.4 Å². The summed E-state index contributed by atoms with van der Waals surface area (Å²) in [5, 5.41) is 17.7. The van der Waals surface area contributed by atoms with Gasteiger partial charge in [-0.3, -0.25) is 32.3 Å². The van der Waals surface area contributed by atoms with Crippen LogP contribution in [0, 0.1) is 0 Å². The third kappa shape index (κ3) is 7.57. The largest absolute Gasteiger partial charge is 0.465 e. The van der Waals surface area contributed by atoms with Gasteiger partial charge in [-0.15, -0.1) is 0 Å². The number of nitrogens with zero attached hydrogens (tertiary/aromatic N) is 7. The number of aliphatic hydroxyl groups is 1. The maximum Gasteiger partial charge on any atom is 0.437 e. The lowest BCUT2D eigenvalue weighted by atomic mass is 10.1. The molecule has 0 saturated carbocycles. The molecule has 56 heavy (non-hydrogen) atoms. The molecule has 4 aromatic heterocycles. The van der Waals surface area contributed by atoms with Crippen LogP contribution in [0.4, 0.5) is 10.2 Å². The number of aliphatic hydroxyl groups excluding tert-OH is 1. The number of fused-ring (bicyclic) bond motifs is 4. The van der Waals surface area contributed by atoms with E-state index in [1.807, 2.05) is 0 Å². The molecule has 9 atom stereocenters. The summed E-state index contributed by atoms with van der Waals surface area (Å²) in [5.41, 5.74) is 5.79. The fourth-order valence-corrected chi connectivity index (χ4v) is 9.50. The van der Waals surface area contributed by atoms with Crippen molar-refractivity contribution in [3.05, 3.63) is 53.1 Å². The van der Waals surface area contributed by atoms with Gasteiger partial charge in [-0.25, -0.2) is 33.5 Å². The van der Waals surface area contributed by atoms with Crippen molar-refractivity contribution in [3.63, 3.8) is 0 Å². The molecule has 5 N–H and O–H groups in total. The number of thiol groups is 2. The lowest BCUT2D eigenvalue weighted by molar-refractivity contribution is -0.121. The molecular formula is C29H35FN10O12P2S2. The Hall–Kier alpha value is -3.61. The molecule has 22 nitrogen and oxygen atoms in total. The summed E-state index contributed by atoms with van der Waals surface area (Å²) in [5.74, 6) is -0.215. The Labute approximate surface area is 325 Å². The number of anilines is 1. The van der Waals surface area contributed by atoms with Crippen molar-refractivity contribution in [2.24, 2.45) is 5.73 Å². The number of hydrogen-bond donors (Lipinski definition) is 6. The number of carbonyl (C=O) groups is 1. The lowest BCUT2D eigenvalue weighted by Crippen LogP contribution is -2.34. The molecule has 4 aliphatic heterocycles. The van der Waals surface area contributed by atoms with E-state index in [2.05, 4.69) is 55.1 Å². The minimum atomic E-state index is -4.51. The first-order valence-corrected chi connectivity index (χ1v) is 22.5. The molecule has 1 amide bonds. The summed E-state index contributed by atoms with van der Waals surface area (Å²) in [6, 6.07) is 0.